The molecule has 18 heavy (non-hydrogen) atoms. The van der Waals surface area contributed by atoms with Crippen LogP contribution in [-0.4, -0.2) is 30.1 Å². The van der Waals surface area contributed by atoms with Crippen molar-refractivity contribution in [3.8, 4) is 0 Å². The maximum absolute atomic E-state index is 11.9. The number of ether oxygens (including phenoxy) is 1. The van der Waals surface area contributed by atoms with Crippen LogP contribution in [0.4, 0.5) is 0 Å². The number of carbonyl (C=O) groups excluding carboxylic acids is 1. The molecule has 100 valence electrons. The summed E-state index contributed by atoms with van der Waals surface area (Å²) in [6, 6.07) is 2.07. The van der Waals surface area contributed by atoms with Crippen molar-refractivity contribution in [2.24, 2.45) is 0 Å². The van der Waals surface area contributed by atoms with E-state index in [2.05, 4.69) is 32.3 Å². The summed E-state index contributed by atoms with van der Waals surface area (Å²) < 4.78 is 6.31. The predicted octanol–water partition coefficient (Wildman–Crippen LogP) is 3.43. The molecule has 1 aliphatic heterocycles. The van der Waals surface area contributed by atoms with E-state index >= 15 is 0 Å². The van der Waals surface area contributed by atoms with E-state index < -0.39 is 0 Å². The van der Waals surface area contributed by atoms with Crippen LogP contribution in [0.1, 0.15) is 31.7 Å². The van der Waals surface area contributed by atoms with E-state index in [0.717, 1.165) is 29.7 Å². The van der Waals surface area contributed by atoms with Gasteiger partial charge in [-0.25, -0.2) is 0 Å². The van der Waals surface area contributed by atoms with Gasteiger partial charge in [0.05, 0.1) is 10.4 Å². The number of rotatable bonds is 4. The van der Waals surface area contributed by atoms with E-state index in [1.54, 1.807) is 11.3 Å². The Morgan fingerprint density at radius 3 is 3.11 bits per heavy atom. The van der Waals surface area contributed by atoms with Crippen LogP contribution in [0, 0.1) is 0 Å². The summed E-state index contributed by atoms with van der Waals surface area (Å²) in [6.07, 6.45) is 3.21. The zero-order chi connectivity index (χ0) is 13.0. The highest BCUT2D eigenvalue weighted by Gasteiger charge is 2.29. The highest BCUT2D eigenvalue weighted by atomic mass is 79.9. The van der Waals surface area contributed by atoms with Gasteiger partial charge in [-0.05, 0) is 59.2 Å². The smallest absolute Gasteiger partial charge is 0.323 e. The van der Waals surface area contributed by atoms with E-state index in [1.807, 2.05) is 6.92 Å². The van der Waals surface area contributed by atoms with Crippen LogP contribution in [0.15, 0.2) is 15.2 Å². The molecule has 1 aromatic heterocycles. The van der Waals surface area contributed by atoms with Gasteiger partial charge in [-0.3, -0.25) is 9.69 Å². The fourth-order valence-corrected chi connectivity index (χ4v) is 3.55. The summed E-state index contributed by atoms with van der Waals surface area (Å²) in [4.78, 5) is 14.2. The first-order valence-corrected chi connectivity index (χ1v) is 8.01. The van der Waals surface area contributed by atoms with Gasteiger partial charge in [-0.1, -0.05) is 6.42 Å². The van der Waals surface area contributed by atoms with Crippen LogP contribution in [0.2, 0.25) is 0 Å². The van der Waals surface area contributed by atoms with Gasteiger partial charge in [0.2, 0.25) is 0 Å². The molecule has 1 saturated heterocycles. The predicted molar refractivity (Wildman–Crippen MR) is 76.7 cm³/mol. The van der Waals surface area contributed by atoms with Crippen molar-refractivity contribution in [3.63, 3.8) is 0 Å². The summed E-state index contributed by atoms with van der Waals surface area (Å²) in [5.74, 6) is -0.0634. The third-order valence-corrected chi connectivity index (χ3v) is 4.73. The van der Waals surface area contributed by atoms with E-state index in [4.69, 9.17) is 4.74 Å². The normalized spacial score (nSPS) is 20.9. The van der Waals surface area contributed by atoms with Crippen molar-refractivity contribution in [1.29, 1.82) is 0 Å². The number of hydrogen-bond donors (Lipinski definition) is 0. The summed E-state index contributed by atoms with van der Waals surface area (Å²) in [5.41, 5.74) is 1.27. The van der Waals surface area contributed by atoms with Gasteiger partial charge in [0.25, 0.3) is 0 Å². The molecule has 0 aliphatic carbocycles. The van der Waals surface area contributed by atoms with Gasteiger partial charge < -0.3 is 4.74 Å². The van der Waals surface area contributed by atoms with Crippen molar-refractivity contribution >= 4 is 33.2 Å². The zero-order valence-corrected chi connectivity index (χ0v) is 12.9. The van der Waals surface area contributed by atoms with Crippen LogP contribution in [0.3, 0.4) is 0 Å². The zero-order valence-electron chi connectivity index (χ0n) is 10.5. The number of hydrogen-bond acceptors (Lipinski definition) is 4. The van der Waals surface area contributed by atoms with Crippen LogP contribution < -0.4 is 0 Å². The Morgan fingerprint density at radius 1 is 1.61 bits per heavy atom. The number of nitrogens with zero attached hydrogens (tertiary/aromatic N) is 1. The number of piperidine rings is 1. The summed E-state index contributed by atoms with van der Waals surface area (Å²) >= 11 is 5.16. The molecule has 5 heteroatoms. The molecule has 1 unspecified atom stereocenters. The minimum atomic E-state index is -0.0634. The third kappa shape index (κ3) is 3.56. The van der Waals surface area contributed by atoms with Crippen molar-refractivity contribution in [1.82, 2.24) is 4.90 Å². The van der Waals surface area contributed by atoms with Gasteiger partial charge in [0.15, 0.2) is 0 Å². The minimum absolute atomic E-state index is 0.0580. The Hall–Kier alpha value is -0.390. The highest BCUT2D eigenvalue weighted by molar-refractivity contribution is 9.11. The lowest BCUT2D eigenvalue weighted by atomic mass is 10.0. The number of thiophene rings is 1. The largest absolute Gasteiger partial charge is 0.465 e. The van der Waals surface area contributed by atoms with Crippen LogP contribution >= 0.6 is 27.3 Å². The standard InChI is InChI=1S/C13H18BrNO2S/c1-2-17-13(16)11-5-3-4-6-15(11)8-10-7-12(14)18-9-10/h7,9,11H,2-6,8H2,1H3. The molecular weight excluding hydrogens is 314 g/mol. The van der Waals surface area contributed by atoms with Crippen molar-refractivity contribution < 1.29 is 9.53 Å². The van der Waals surface area contributed by atoms with Gasteiger partial charge in [0.1, 0.15) is 6.04 Å². The first kappa shape index (κ1) is 14.0. The van der Waals surface area contributed by atoms with E-state index in [9.17, 15) is 4.79 Å². The second-order valence-corrected chi connectivity index (χ2v) is 6.78. The van der Waals surface area contributed by atoms with Crippen LogP contribution in [-0.2, 0) is 16.1 Å². The molecule has 0 bridgehead atoms. The van der Waals surface area contributed by atoms with E-state index in [0.29, 0.717) is 6.61 Å². The molecule has 1 fully saturated rings. The molecule has 2 rings (SSSR count). The number of esters is 1. The molecule has 0 amide bonds. The molecular formula is C13H18BrNO2S. The Morgan fingerprint density at radius 2 is 2.44 bits per heavy atom. The molecule has 0 radical (unpaired) electrons. The summed E-state index contributed by atoms with van der Waals surface area (Å²) in [6.45, 7) is 4.15. The minimum Gasteiger partial charge on any atom is -0.465 e. The average Bonchev–Trinajstić information content (AvgIpc) is 2.76. The fraction of sp³-hybridized carbons (Fsp3) is 0.615. The number of halogens is 1. The van der Waals surface area contributed by atoms with Gasteiger partial charge in [-0.15, -0.1) is 11.3 Å². The Kier molecular flexibility index (Phi) is 5.21. The average molecular weight is 332 g/mol. The SMILES string of the molecule is CCOC(=O)C1CCCCN1Cc1csc(Br)c1. The lowest BCUT2D eigenvalue weighted by Gasteiger charge is -2.33. The molecule has 3 nitrogen and oxygen atoms in total. The lowest BCUT2D eigenvalue weighted by molar-refractivity contribution is -0.151. The molecule has 0 spiro atoms. The van der Waals surface area contributed by atoms with Gasteiger partial charge >= 0.3 is 5.97 Å². The fourth-order valence-electron chi connectivity index (χ4n) is 2.35. The number of carbonyl (C=O) groups is 1. The molecule has 0 aromatic carbocycles. The molecule has 1 aromatic rings. The second kappa shape index (κ2) is 6.68. The van der Waals surface area contributed by atoms with Crippen LogP contribution in [0.25, 0.3) is 0 Å². The Balaban J connectivity index is 2.01. The third-order valence-electron chi connectivity index (χ3n) is 3.18. The van der Waals surface area contributed by atoms with E-state index in [-0.39, 0.29) is 12.0 Å². The van der Waals surface area contributed by atoms with Gasteiger partial charge in [0, 0.05) is 6.54 Å². The van der Waals surface area contributed by atoms with Gasteiger partial charge in [-0.2, -0.15) is 0 Å². The van der Waals surface area contributed by atoms with Crippen molar-refractivity contribution in [2.75, 3.05) is 13.2 Å². The molecule has 2 heterocycles. The molecule has 0 saturated carbocycles. The molecule has 1 atom stereocenters. The Labute approximate surface area is 120 Å². The second-order valence-electron chi connectivity index (χ2n) is 4.49. The Bertz CT molecular complexity index is 407. The molecule has 0 N–H and O–H groups in total. The van der Waals surface area contributed by atoms with E-state index in [1.165, 1.54) is 12.0 Å². The summed E-state index contributed by atoms with van der Waals surface area (Å²) in [5, 5.41) is 2.14. The topological polar surface area (TPSA) is 29.5 Å². The molecule has 1 aliphatic rings. The number of likely N-dealkylation sites (tertiary alicyclic amines) is 1. The highest BCUT2D eigenvalue weighted by Crippen LogP contribution is 2.25. The first-order chi connectivity index (χ1) is 8.70. The maximum atomic E-state index is 11.9. The quantitative estimate of drug-likeness (QED) is 0.791. The maximum Gasteiger partial charge on any atom is 0.323 e. The van der Waals surface area contributed by atoms with Crippen LogP contribution in [0.5, 0.6) is 0 Å². The first-order valence-electron chi connectivity index (χ1n) is 6.34. The monoisotopic (exact) mass is 331 g/mol. The lowest BCUT2D eigenvalue weighted by Crippen LogP contribution is -2.44. The van der Waals surface area contributed by atoms with Crippen molar-refractivity contribution in [2.45, 2.75) is 38.8 Å². The summed E-state index contributed by atoms with van der Waals surface area (Å²) in [7, 11) is 0. The van der Waals surface area contributed by atoms with Crippen molar-refractivity contribution in [3.05, 3.63) is 20.8 Å².